The van der Waals surface area contributed by atoms with Crippen LogP contribution in [0, 0.1) is 0 Å². The highest BCUT2D eigenvalue weighted by molar-refractivity contribution is 7.92. The molecule has 18 heavy (non-hydrogen) atoms. The van der Waals surface area contributed by atoms with Gasteiger partial charge in [-0.2, -0.15) is 0 Å². The van der Waals surface area contributed by atoms with E-state index in [0.717, 1.165) is 6.42 Å². The lowest BCUT2D eigenvalue weighted by Gasteiger charge is -2.26. The summed E-state index contributed by atoms with van der Waals surface area (Å²) in [6.07, 6.45) is 1.86. The Kier molecular flexibility index (Phi) is 3.92. The predicted molar refractivity (Wildman–Crippen MR) is 68.4 cm³/mol. The van der Waals surface area contributed by atoms with Crippen molar-refractivity contribution in [1.82, 2.24) is 0 Å². The molecule has 1 aromatic carbocycles. The summed E-state index contributed by atoms with van der Waals surface area (Å²) < 4.78 is 30.2. The summed E-state index contributed by atoms with van der Waals surface area (Å²) in [5.41, 5.74) is 0. The molecule has 1 saturated carbocycles. The molecule has 100 valence electrons. The number of aliphatic hydroxyl groups excluding tert-OH is 1. The maximum absolute atomic E-state index is 12.5. The van der Waals surface area contributed by atoms with E-state index in [-0.39, 0.29) is 4.90 Å². The highest BCUT2D eigenvalue weighted by Crippen LogP contribution is 2.33. The van der Waals surface area contributed by atoms with Gasteiger partial charge in [0.1, 0.15) is 10.6 Å². The van der Waals surface area contributed by atoms with Crippen LogP contribution in [0.2, 0.25) is 0 Å². The molecule has 0 aliphatic heterocycles. The second-order valence-corrected chi connectivity index (χ2v) is 6.83. The zero-order chi connectivity index (χ0) is 13.2. The van der Waals surface area contributed by atoms with Crippen LogP contribution in [-0.2, 0) is 9.84 Å². The van der Waals surface area contributed by atoms with Gasteiger partial charge in [0.15, 0.2) is 9.84 Å². The van der Waals surface area contributed by atoms with Crippen molar-refractivity contribution in [3.63, 3.8) is 0 Å². The van der Waals surface area contributed by atoms with Crippen molar-refractivity contribution < 1.29 is 18.3 Å². The van der Waals surface area contributed by atoms with Crippen LogP contribution in [0.1, 0.15) is 25.7 Å². The molecule has 0 radical (unpaired) electrons. The maximum Gasteiger partial charge on any atom is 0.184 e. The maximum atomic E-state index is 12.5. The molecule has 5 heteroatoms. The number of ether oxygens (including phenoxy) is 1. The summed E-state index contributed by atoms with van der Waals surface area (Å²) in [5, 5.41) is 9.12. The van der Waals surface area contributed by atoms with E-state index < -0.39 is 21.2 Å². The van der Waals surface area contributed by atoms with E-state index >= 15 is 0 Å². The fourth-order valence-electron chi connectivity index (χ4n) is 2.44. The van der Waals surface area contributed by atoms with E-state index in [1.165, 1.54) is 7.11 Å². The lowest BCUT2D eigenvalue weighted by molar-refractivity contribution is 0.131. The predicted octanol–water partition coefficient (Wildman–Crippen LogP) is 1.77. The molecule has 0 bridgehead atoms. The third kappa shape index (κ3) is 2.52. The third-order valence-corrected chi connectivity index (χ3v) is 5.67. The molecular formula is C13H18O4S. The van der Waals surface area contributed by atoms with Crippen LogP contribution in [0.5, 0.6) is 5.75 Å². The smallest absolute Gasteiger partial charge is 0.184 e. The third-order valence-electron chi connectivity index (χ3n) is 3.41. The van der Waals surface area contributed by atoms with Gasteiger partial charge in [-0.05, 0) is 37.8 Å². The second-order valence-electron chi connectivity index (χ2n) is 4.64. The number of methoxy groups -OCH3 is 1. The quantitative estimate of drug-likeness (QED) is 0.909. The van der Waals surface area contributed by atoms with E-state index in [1.54, 1.807) is 24.3 Å². The Morgan fingerprint density at radius 3 is 2.67 bits per heavy atom. The topological polar surface area (TPSA) is 63.6 Å². The van der Waals surface area contributed by atoms with Gasteiger partial charge in [0.25, 0.3) is 0 Å². The fraction of sp³-hybridized carbons (Fsp3) is 0.538. The number of para-hydroxylation sites is 1. The zero-order valence-corrected chi connectivity index (χ0v) is 11.2. The van der Waals surface area contributed by atoms with Gasteiger partial charge in [0, 0.05) is 0 Å². The molecule has 4 nitrogen and oxygen atoms in total. The van der Waals surface area contributed by atoms with Crippen molar-refractivity contribution in [1.29, 1.82) is 0 Å². The summed E-state index contributed by atoms with van der Waals surface area (Å²) >= 11 is 0. The number of benzene rings is 1. The average Bonchev–Trinajstić information content (AvgIpc) is 2.38. The number of hydrogen-bond acceptors (Lipinski definition) is 4. The molecule has 1 aliphatic rings. The average molecular weight is 270 g/mol. The molecule has 1 aromatic rings. The van der Waals surface area contributed by atoms with Gasteiger partial charge in [-0.3, -0.25) is 0 Å². The van der Waals surface area contributed by atoms with Crippen LogP contribution in [0.25, 0.3) is 0 Å². The van der Waals surface area contributed by atoms with Crippen molar-refractivity contribution >= 4 is 9.84 Å². The Morgan fingerprint density at radius 2 is 2.00 bits per heavy atom. The monoisotopic (exact) mass is 270 g/mol. The first-order valence-corrected chi connectivity index (χ1v) is 7.65. The Balaban J connectivity index is 2.35. The molecule has 0 saturated heterocycles. The minimum Gasteiger partial charge on any atom is -0.495 e. The Hall–Kier alpha value is -1.07. The first-order chi connectivity index (χ1) is 8.55. The Morgan fingerprint density at radius 1 is 1.28 bits per heavy atom. The lowest BCUT2D eigenvalue weighted by atomic mass is 9.97. The summed E-state index contributed by atoms with van der Waals surface area (Å²) in [4.78, 5) is 0.228. The van der Waals surface area contributed by atoms with Gasteiger partial charge >= 0.3 is 0 Å². The molecule has 0 aromatic heterocycles. The van der Waals surface area contributed by atoms with Gasteiger partial charge in [-0.15, -0.1) is 0 Å². The Bertz CT molecular complexity index is 509. The second kappa shape index (κ2) is 5.28. The molecular weight excluding hydrogens is 252 g/mol. The SMILES string of the molecule is COc1ccccc1S(=O)(=O)C1CCCC(O)C1. The number of aliphatic hydroxyl groups is 1. The van der Waals surface area contributed by atoms with Gasteiger partial charge in [0.2, 0.25) is 0 Å². The number of sulfone groups is 1. The lowest BCUT2D eigenvalue weighted by Crippen LogP contribution is -2.30. The van der Waals surface area contributed by atoms with Crippen LogP contribution in [0.15, 0.2) is 29.2 Å². The van der Waals surface area contributed by atoms with E-state index in [4.69, 9.17) is 4.74 Å². The van der Waals surface area contributed by atoms with Crippen LogP contribution in [0.3, 0.4) is 0 Å². The van der Waals surface area contributed by atoms with Crippen LogP contribution < -0.4 is 4.74 Å². The minimum absolute atomic E-state index is 0.228. The molecule has 0 amide bonds. The first-order valence-electron chi connectivity index (χ1n) is 6.10. The summed E-state index contributed by atoms with van der Waals surface area (Å²) in [5.74, 6) is 0.373. The van der Waals surface area contributed by atoms with E-state index in [0.29, 0.717) is 25.0 Å². The van der Waals surface area contributed by atoms with Crippen molar-refractivity contribution in [3.8, 4) is 5.75 Å². The number of hydrogen-bond donors (Lipinski definition) is 1. The molecule has 1 N–H and O–H groups in total. The van der Waals surface area contributed by atoms with Crippen LogP contribution in [-0.4, -0.2) is 32.0 Å². The van der Waals surface area contributed by atoms with E-state index in [1.807, 2.05) is 0 Å². The van der Waals surface area contributed by atoms with Crippen molar-refractivity contribution in [3.05, 3.63) is 24.3 Å². The molecule has 0 spiro atoms. The van der Waals surface area contributed by atoms with Crippen molar-refractivity contribution in [2.24, 2.45) is 0 Å². The van der Waals surface area contributed by atoms with E-state index in [2.05, 4.69) is 0 Å². The van der Waals surface area contributed by atoms with Gasteiger partial charge in [-0.25, -0.2) is 8.42 Å². The van der Waals surface area contributed by atoms with Crippen LogP contribution >= 0.6 is 0 Å². The summed E-state index contributed by atoms with van der Waals surface area (Å²) in [6, 6.07) is 6.64. The fourth-order valence-corrected chi connectivity index (χ4v) is 4.45. The van der Waals surface area contributed by atoms with Crippen LogP contribution in [0.4, 0.5) is 0 Å². The van der Waals surface area contributed by atoms with Crippen molar-refractivity contribution in [2.45, 2.75) is 41.9 Å². The molecule has 1 aliphatic carbocycles. The minimum atomic E-state index is -3.42. The molecule has 2 atom stereocenters. The van der Waals surface area contributed by atoms with Gasteiger partial charge < -0.3 is 9.84 Å². The zero-order valence-electron chi connectivity index (χ0n) is 10.4. The molecule has 2 unspecified atom stereocenters. The normalized spacial score (nSPS) is 24.8. The van der Waals surface area contributed by atoms with Gasteiger partial charge in [0.05, 0.1) is 18.5 Å². The summed E-state index contributed by atoms with van der Waals surface area (Å²) in [7, 11) is -1.96. The highest BCUT2D eigenvalue weighted by atomic mass is 32.2. The number of rotatable bonds is 3. The van der Waals surface area contributed by atoms with Gasteiger partial charge in [-0.1, -0.05) is 12.1 Å². The molecule has 2 rings (SSSR count). The summed E-state index contributed by atoms with van der Waals surface area (Å²) in [6.45, 7) is 0. The largest absolute Gasteiger partial charge is 0.495 e. The Labute approximate surface area is 108 Å². The van der Waals surface area contributed by atoms with Crippen molar-refractivity contribution in [2.75, 3.05) is 7.11 Å². The molecule has 1 fully saturated rings. The standard InChI is InChI=1S/C13H18O4S/c1-17-12-7-2-3-8-13(12)18(15,16)11-6-4-5-10(14)9-11/h2-3,7-8,10-11,14H,4-6,9H2,1H3. The van der Waals surface area contributed by atoms with E-state index in [9.17, 15) is 13.5 Å². The first kappa shape index (κ1) is 13.4. The highest BCUT2D eigenvalue weighted by Gasteiger charge is 2.33. The molecule has 0 heterocycles.